The van der Waals surface area contributed by atoms with Crippen LogP contribution in [0.2, 0.25) is 0 Å². The smallest absolute Gasteiger partial charge is 0.0665 e. The molecule has 0 unspecified atom stereocenters. The Balaban J connectivity index is 2.46. The maximum Gasteiger partial charge on any atom is 0.0665 e. The topological polar surface area (TPSA) is 41.6 Å². The van der Waals surface area contributed by atoms with Gasteiger partial charge in [0.2, 0.25) is 0 Å². The van der Waals surface area contributed by atoms with Crippen molar-refractivity contribution in [3.05, 3.63) is 36.8 Å². The van der Waals surface area contributed by atoms with Crippen molar-refractivity contribution in [2.75, 3.05) is 0 Å². The van der Waals surface area contributed by atoms with Gasteiger partial charge >= 0.3 is 0 Å². The molecule has 0 aliphatic carbocycles. The summed E-state index contributed by atoms with van der Waals surface area (Å²) in [5, 5.41) is 6.68. The van der Waals surface area contributed by atoms with E-state index in [1.54, 1.807) is 18.6 Å². The number of hydrogen-bond acceptors (Lipinski definition) is 2. The van der Waals surface area contributed by atoms with Crippen molar-refractivity contribution in [3.8, 4) is 11.3 Å². The van der Waals surface area contributed by atoms with E-state index in [4.69, 9.17) is 0 Å². The molecule has 0 saturated carbocycles. The van der Waals surface area contributed by atoms with E-state index < -0.39 is 0 Å². The minimum absolute atomic E-state index is 0.967. The third-order valence-corrected chi connectivity index (χ3v) is 1.41. The van der Waals surface area contributed by atoms with E-state index in [1.165, 1.54) is 0 Å². The van der Waals surface area contributed by atoms with Gasteiger partial charge in [0.15, 0.2) is 0 Å². The fourth-order valence-electron chi connectivity index (χ4n) is 0.889. The van der Waals surface area contributed by atoms with Crippen molar-refractivity contribution in [2.24, 2.45) is 0 Å². The quantitative estimate of drug-likeness (QED) is 0.654. The molecule has 3 nitrogen and oxygen atoms in total. The van der Waals surface area contributed by atoms with Crippen LogP contribution in [0.3, 0.4) is 0 Å². The monoisotopic (exact) mass is 144 g/mol. The average molecular weight is 144 g/mol. The number of aromatic nitrogens is 3. The lowest BCUT2D eigenvalue weighted by Crippen LogP contribution is -1.78. The number of pyridine rings is 1. The number of aromatic amines is 1. The van der Waals surface area contributed by atoms with Gasteiger partial charge in [-0.25, -0.2) is 0 Å². The molecule has 2 rings (SSSR count). The second-order valence-electron chi connectivity index (χ2n) is 2.14. The second kappa shape index (κ2) is 2.54. The standard InChI is InChI=1S/C8H6N3/c1-2-7(6-9-4-1)8-3-5-10-11-8/h2-6H,(H,10,11). The Labute approximate surface area is 64.1 Å². The SMILES string of the molecule is [c]1cncc(-c2ccn[nH]2)c1. The molecule has 2 heterocycles. The summed E-state index contributed by atoms with van der Waals surface area (Å²) >= 11 is 0. The number of nitrogens with one attached hydrogen (secondary N) is 1. The van der Waals surface area contributed by atoms with E-state index in [9.17, 15) is 0 Å². The highest BCUT2D eigenvalue weighted by Gasteiger charge is 1.95. The molecule has 0 saturated heterocycles. The molecule has 1 radical (unpaired) electrons. The Bertz CT molecular complexity index is 312. The molecular formula is C8H6N3. The molecular weight excluding hydrogens is 138 g/mol. The second-order valence-corrected chi connectivity index (χ2v) is 2.14. The van der Waals surface area contributed by atoms with Crippen LogP contribution in [-0.2, 0) is 0 Å². The van der Waals surface area contributed by atoms with Gasteiger partial charge in [0, 0.05) is 30.2 Å². The van der Waals surface area contributed by atoms with Crippen LogP contribution in [0.1, 0.15) is 0 Å². The lowest BCUT2D eigenvalue weighted by Gasteiger charge is -1.92. The highest BCUT2D eigenvalue weighted by Crippen LogP contribution is 2.12. The van der Waals surface area contributed by atoms with Crippen LogP contribution in [0.5, 0.6) is 0 Å². The first-order valence-corrected chi connectivity index (χ1v) is 3.27. The molecule has 1 N–H and O–H groups in total. The first-order valence-electron chi connectivity index (χ1n) is 3.27. The summed E-state index contributed by atoms with van der Waals surface area (Å²) in [5.74, 6) is 0. The summed E-state index contributed by atoms with van der Waals surface area (Å²) in [5.41, 5.74) is 1.97. The van der Waals surface area contributed by atoms with E-state index in [2.05, 4.69) is 21.2 Å². The molecule has 0 aliphatic rings. The molecule has 0 aliphatic heterocycles. The Morgan fingerprint density at radius 1 is 1.45 bits per heavy atom. The van der Waals surface area contributed by atoms with E-state index in [0.717, 1.165) is 11.3 Å². The lowest BCUT2D eigenvalue weighted by molar-refractivity contribution is 1.09. The van der Waals surface area contributed by atoms with Crippen LogP contribution in [0, 0.1) is 6.07 Å². The normalized spacial score (nSPS) is 9.82. The zero-order valence-electron chi connectivity index (χ0n) is 5.78. The van der Waals surface area contributed by atoms with Crippen LogP contribution in [0.4, 0.5) is 0 Å². The van der Waals surface area contributed by atoms with E-state index in [0.29, 0.717) is 0 Å². The number of hydrogen-bond donors (Lipinski definition) is 1. The van der Waals surface area contributed by atoms with E-state index >= 15 is 0 Å². The Hall–Kier alpha value is -1.64. The molecule has 2 aromatic rings. The largest absolute Gasteiger partial charge is 0.278 e. The molecule has 0 amide bonds. The first kappa shape index (κ1) is 6.09. The molecule has 3 heteroatoms. The zero-order chi connectivity index (χ0) is 7.52. The van der Waals surface area contributed by atoms with Gasteiger partial charge in [-0.1, -0.05) is 0 Å². The summed E-state index contributed by atoms with van der Waals surface area (Å²) in [6, 6.07) is 6.65. The van der Waals surface area contributed by atoms with Crippen molar-refractivity contribution >= 4 is 0 Å². The summed E-state index contributed by atoms with van der Waals surface area (Å²) in [6.07, 6.45) is 5.10. The highest BCUT2D eigenvalue weighted by molar-refractivity contribution is 5.56. The minimum atomic E-state index is 0.967. The van der Waals surface area contributed by atoms with Gasteiger partial charge in [0.25, 0.3) is 0 Å². The summed E-state index contributed by atoms with van der Waals surface area (Å²) in [7, 11) is 0. The van der Waals surface area contributed by atoms with Gasteiger partial charge in [-0.2, -0.15) is 5.10 Å². The number of H-pyrrole nitrogens is 1. The van der Waals surface area contributed by atoms with Crippen LogP contribution in [0.15, 0.2) is 30.7 Å². The third kappa shape index (κ3) is 1.12. The molecule has 0 aromatic carbocycles. The van der Waals surface area contributed by atoms with Crippen LogP contribution < -0.4 is 0 Å². The van der Waals surface area contributed by atoms with Crippen LogP contribution in [0.25, 0.3) is 11.3 Å². The molecule has 0 atom stereocenters. The predicted molar refractivity (Wildman–Crippen MR) is 40.7 cm³/mol. The van der Waals surface area contributed by atoms with Gasteiger partial charge < -0.3 is 0 Å². The van der Waals surface area contributed by atoms with Crippen LogP contribution in [-0.4, -0.2) is 15.2 Å². The predicted octanol–water partition coefficient (Wildman–Crippen LogP) is 1.27. The van der Waals surface area contributed by atoms with Gasteiger partial charge in [-0.05, 0) is 12.1 Å². The van der Waals surface area contributed by atoms with E-state index in [-0.39, 0.29) is 0 Å². The van der Waals surface area contributed by atoms with Gasteiger partial charge in [0.1, 0.15) is 0 Å². The first-order chi connectivity index (χ1) is 5.47. The van der Waals surface area contributed by atoms with Gasteiger partial charge in [-0.15, -0.1) is 0 Å². The Morgan fingerprint density at radius 3 is 3.09 bits per heavy atom. The van der Waals surface area contributed by atoms with E-state index in [1.807, 2.05) is 12.1 Å². The molecule has 0 fully saturated rings. The minimum Gasteiger partial charge on any atom is -0.278 e. The van der Waals surface area contributed by atoms with Crippen LogP contribution >= 0.6 is 0 Å². The summed E-state index contributed by atoms with van der Waals surface area (Å²) in [6.45, 7) is 0. The van der Waals surface area contributed by atoms with Gasteiger partial charge in [0.05, 0.1) is 5.69 Å². The van der Waals surface area contributed by atoms with Crippen molar-refractivity contribution in [2.45, 2.75) is 0 Å². The molecule has 0 bridgehead atoms. The van der Waals surface area contributed by atoms with Crippen molar-refractivity contribution < 1.29 is 0 Å². The molecule has 0 spiro atoms. The Kier molecular flexibility index (Phi) is 1.41. The Morgan fingerprint density at radius 2 is 2.45 bits per heavy atom. The zero-order valence-corrected chi connectivity index (χ0v) is 5.78. The van der Waals surface area contributed by atoms with Gasteiger partial charge in [-0.3, -0.25) is 10.1 Å². The molecule has 2 aromatic heterocycles. The summed E-state index contributed by atoms with van der Waals surface area (Å²) < 4.78 is 0. The maximum atomic E-state index is 3.94. The fraction of sp³-hybridized carbons (Fsp3) is 0. The fourth-order valence-corrected chi connectivity index (χ4v) is 0.889. The highest BCUT2D eigenvalue weighted by atomic mass is 15.1. The molecule has 53 valence electrons. The molecule has 11 heavy (non-hydrogen) atoms. The number of nitrogens with zero attached hydrogens (tertiary/aromatic N) is 2. The number of rotatable bonds is 1. The van der Waals surface area contributed by atoms with Crippen molar-refractivity contribution in [1.82, 2.24) is 15.2 Å². The van der Waals surface area contributed by atoms with Crippen molar-refractivity contribution in [1.29, 1.82) is 0 Å². The lowest BCUT2D eigenvalue weighted by atomic mass is 10.2. The summed E-state index contributed by atoms with van der Waals surface area (Å²) in [4.78, 5) is 3.94. The maximum absolute atomic E-state index is 3.94. The van der Waals surface area contributed by atoms with Crippen molar-refractivity contribution in [3.63, 3.8) is 0 Å². The third-order valence-electron chi connectivity index (χ3n) is 1.41. The average Bonchev–Trinajstić information content (AvgIpc) is 2.58.